The minimum atomic E-state index is -3.47. The summed E-state index contributed by atoms with van der Waals surface area (Å²) in [6.45, 7) is 6.33. The lowest BCUT2D eigenvalue weighted by atomic mass is 10.2. The molecular formula is C15H24N2O3S. The van der Waals surface area contributed by atoms with Gasteiger partial charge in [0, 0.05) is 13.2 Å². The Morgan fingerprint density at radius 2 is 2.00 bits per heavy atom. The topological polar surface area (TPSA) is 67.4 Å². The second kappa shape index (κ2) is 7.35. The molecule has 5 nitrogen and oxygen atoms in total. The predicted molar refractivity (Wildman–Crippen MR) is 82.6 cm³/mol. The van der Waals surface area contributed by atoms with Gasteiger partial charge in [-0.1, -0.05) is 19.1 Å². The van der Waals surface area contributed by atoms with Crippen LogP contribution in [0.15, 0.2) is 29.2 Å². The normalized spacial score (nSPS) is 22.6. The van der Waals surface area contributed by atoms with Gasteiger partial charge in [-0.05, 0) is 44.0 Å². The molecule has 1 heterocycles. The Balaban J connectivity index is 1.99. The van der Waals surface area contributed by atoms with Crippen molar-refractivity contribution in [1.82, 2.24) is 10.0 Å². The van der Waals surface area contributed by atoms with Crippen molar-refractivity contribution in [2.24, 2.45) is 0 Å². The van der Waals surface area contributed by atoms with Gasteiger partial charge in [0.15, 0.2) is 0 Å². The Bertz CT molecular complexity index is 543. The van der Waals surface area contributed by atoms with Crippen LogP contribution in [0.4, 0.5) is 0 Å². The van der Waals surface area contributed by atoms with E-state index in [1.54, 1.807) is 12.1 Å². The van der Waals surface area contributed by atoms with Crippen LogP contribution in [-0.2, 0) is 21.3 Å². The van der Waals surface area contributed by atoms with E-state index < -0.39 is 10.0 Å². The molecule has 1 aromatic carbocycles. The van der Waals surface area contributed by atoms with Crippen LogP contribution in [0.25, 0.3) is 0 Å². The number of ether oxygens (including phenoxy) is 1. The van der Waals surface area contributed by atoms with Gasteiger partial charge in [-0.25, -0.2) is 13.1 Å². The largest absolute Gasteiger partial charge is 0.377 e. The number of nitrogens with one attached hydrogen (secondary N) is 2. The van der Waals surface area contributed by atoms with Gasteiger partial charge < -0.3 is 10.1 Å². The third-order valence-electron chi connectivity index (χ3n) is 3.67. The third-order valence-corrected chi connectivity index (χ3v) is 5.18. The summed E-state index contributed by atoms with van der Waals surface area (Å²) >= 11 is 0. The van der Waals surface area contributed by atoms with Crippen molar-refractivity contribution in [3.05, 3.63) is 29.8 Å². The molecule has 1 aliphatic rings. The van der Waals surface area contributed by atoms with Crippen LogP contribution in [0.1, 0.15) is 32.3 Å². The van der Waals surface area contributed by atoms with Gasteiger partial charge in [0.2, 0.25) is 10.0 Å². The average molecular weight is 312 g/mol. The Morgan fingerprint density at radius 3 is 2.57 bits per heavy atom. The van der Waals surface area contributed by atoms with Crippen LogP contribution < -0.4 is 10.0 Å². The van der Waals surface area contributed by atoms with Crippen molar-refractivity contribution in [3.63, 3.8) is 0 Å². The molecular weight excluding hydrogens is 288 g/mol. The molecule has 1 aliphatic heterocycles. The van der Waals surface area contributed by atoms with Crippen LogP contribution in [-0.4, -0.2) is 33.7 Å². The van der Waals surface area contributed by atoms with Crippen LogP contribution in [0.2, 0.25) is 0 Å². The van der Waals surface area contributed by atoms with E-state index in [0.29, 0.717) is 11.5 Å². The van der Waals surface area contributed by atoms with Crippen molar-refractivity contribution >= 4 is 10.0 Å². The minimum absolute atomic E-state index is 0.0720. The Labute approximate surface area is 127 Å². The molecule has 6 heteroatoms. The molecule has 0 saturated carbocycles. The fraction of sp³-hybridized carbons (Fsp3) is 0.600. The molecule has 2 unspecified atom stereocenters. The summed E-state index contributed by atoms with van der Waals surface area (Å²) in [4.78, 5) is 0.306. The third kappa shape index (κ3) is 4.51. The first kappa shape index (κ1) is 16.4. The van der Waals surface area contributed by atoms with Gasteiger partial charge in [-0.15, -0.1) is 0 Å². The second-order valence-corrected chi connectivity index (χ2v) is 7.13. The molecule has 1 aromatic rings. The number of rotatable bonds is 7. The maximum Gasteiger partial charge on any atom is 0.240 e. The first-order valence-electron chi connectivity index (χ1n) is 7.46. The Hall–Kier alpha value is -0.950. The molecule has 0 aliphatic carbocycles. The molecule has 0 radical (unpaired) electrons. The van der Waals surface area contributed by atoms with E-state index in [-0.39, 0.29) is 12.1 Å². The number of hydrogen-bond acceptors (Lipinski definition) is 4. The zero-order valence-corrected chi connectivity index (χ0v) is 13.4. The number of benzene rings is 1. The monoisotopic (exact) mass is 312 g/mol. The molecule has 0 bridgehead atoms. The van der Waals surface area contributed by atoms with Crippen molar-refractivity contribution < 1.29 is 13.2 Å². The lowest BCUT2D eigenvalue weighted by molar-refractivity contribution is 0.117. The average Bonchev–Trinajstić information content (AvgIpc) is 2.84. The molecule has 1 fully saturated rings. The zero-order chi connectivity index (χ0) is 15.3. The van der Waals surface area contributed by atoms with Crippen molar-refractivity contribution in [1.29, 1.82) is 0 Å². The summed E-state index contributed by atoms with van der Waals surface area (Å²) in [6, 6.07) is 6.88. The second-order valence-electron chi connectivity index (χ2n) is 5.41. The summed E-state index contributed by atoms with van der Waals surface area (Å²) in [5.41, 5.74) is 1.08. The van der Waals surface area contributed by atoms with Crippen molar-refractivity contribution in [3.8, 4) is 0 Å². The maximum atomic E-state index is 12.3. The number of sulfonamides is 1. The highest BCUT2D eigenvalue weighted by atomic mass is 32.2. The molecule has 21 heavy (non-hydrogen) atoms. The lowest BCUT2D eigenvalue weighted by Gasteiger charge is -2.16. The fourth-order valence-electron chi connectivity index (χ4n) is 2.35. The van der Waals surface area contributed by atoms with Gasteiger partial charge in [-0.3, -0.25) is 0 Å². The van der Waals surface area contributed by atoms with E-state index in [1.807, 2.05) is 19.1 Å². The molecule has 2 atom stereocenters. The van der Waals surface area contributed by atoms with Crippen LogP contribution in [0, 0.1) is 0 Å². The van der Waals surface area contributed by atoms with Gasteiger partial charge in [0.1, 0.15) is 0 Å². The van der Waals surface area contributed by atoms with E-state index in [2.05, 4.69) is 17.0 Å². The van der Waals surface area contributed by atoms with Crippen LogP contribution in [0.3, 0.4) is 0 Å². The zero-order valence-electron chi connectivity index (χ0n) is 12.6. The highest BCUT2D eigenvalue weighted by Crippen LogP contribution is 2.17. The van der Waals surface area contributed by atoms with Gasteiger partial charge in [0.05, 0.1) is 17.0 Å². The minimum Gasteiger partial charge on any atom is -0.377 e. The molecule has 1 saturated heterocycles. The van der Waals surface area contributed by atoms with Crippen LogP contribution >= 0.6 is 0 Å². The van der Waals surface area contributed by atoms with Crippen molar-refractivity contribution in [2.75, 3.05) is 13.2 Å². The molecule has 2 N–H and O–H groups in total. The summed E-state index contributed by atoms with van der Waals surface area (Å²) in [6.07, 6.45) is 1.73. The van der Waals surface area contributed by atoms with Crippen molar-refractivity contribution in [2.45, 2.75) is 50.3 Å². The van der Waals surface area contributed by atoms with E-state index in [0.717, 1.165) is 31.5 Å². The Morgan fingerprint density at radius 1 is 1.29 bits per heavy atom. The quantitative estimate of drug-likeness (QED) is 0.751. The Kier molecular flexibility index (Phi) is 5.75. The summed E-state index contributed by atoms with van der Waals surface area (Å²) in [7, 11) is -3.47. The lowest BCUT2D eigenvalue weighted by Crippen LogP contribution is -2.39. The van der Waals surface area contributed by atoms with Crippen LogP contribution in [0.5, 0.6) is 0 Å². The first-order valence-corrected chi connectivity index (χ1v) is 8.95. The molecule has 0 aromatic heterocycles. The summed E-state index contributed by atoms with van der Waals surface area (Å²) in [5, 5.41) is 3.29. The summed E-state index contributed by atoms with van der Waals surface area (Å²) in [5.74, 6) is 0. The van der Waals surface area contributed by atoms with Gasteiger partial charge >= 0.3 is 0 Å². The van der Waals surface area contributed by atoms with E-state index in [9.17, 15) is 8.42 Å². The van der Waals surface area contributed by atoms with E-state index in [4.69, 9.17) is 4.74 Å². The smallest absolute Gasteiger partial charge is 0.240 e. The molecule has 0 amide bonds. The maximum absolute atomic E-state index is 12.3. The van der Waals surface area contributed by atoms with Gasteiger partial charge in [0.25, 0.3) is 0 Å². The molecule has 118 valence electrons. The molecule has 0 spiro atoms. The highest BCUT2D eigenvalue weighted by molar-refractivity contribution is 7.89. The fourth-order valence-corrected chi connectivity index (χ4v) is 3.69. The first-order chi connectivity index (χ1) is 10.0. The summed E-state index contributed by atoms with van der Waals surface area (Å²) < 4.78 is 32.8. The van der Waals surface area contributed by atoms with Gasteiger partial charge in [-0.2, -0.15) is 0 Å². The number of hydrogen-bond donors (Lipinski definition) is 2. The highest BCUT2D eigenvalue weighted by Gasteiger charge is 2.29. The standard InChI is InChI=1S/C15H24N2O3S/c1-3-9-16-11-13-4-6-14(7-5-13)21(18,19)17-15-8-10-20-12(15)2/h4-7,12,15-17H,3,8-11H2,1-2H3. The SMILES string of the molecule is CCCNCc1ccc(S(=O)(=O)NC2CCOC2C)cc1. The molecule has 2 rings (SSSR count). The van der Waals surface area contributed by atoms with E-state index >= 15 is 0 Å². The predicted octanol–water partition coefficient (Wildman–Crippen LogP) is 1.64. The van der Waals surface area contributed by atoms with E-state index in [1.165, 1.54) is 0 Å².